The molecule has 0 amide bonds. The van der Waals surface area contributed by atoms with Crippen molar-refractivity contribution in [3.8, 4) is 5.75 Å². The number of thioether (sulfide) groups is 1. The quantitative estimate of drug-likeness (QED) is 0.871. The van der Waals surface area contributed by atoms with Crippen LogP contribution in [0, 0.1) is 0 Å². The number of phenols is 1. The fourth-order valence-corrected chi connectivity index (χ4v) is 2.32. The Hall–Kier alpha value is -1.19. The highest BCUT2D eigenvalue weighted by Gasteiger charge is 2.15. The van der Waals surface area contributed by atoms with Gasteiger partial charge in [-0.15, -0.1) is 0 Å². The van der Waals surface area contributed by atoms with Gasteiger partial charge in [0.1, 0.15) is 5.75 Å². The second-order valence-corrected chi connectivity index (χ2v) is 6.87. The lowest BCUT2D eigenvalue weighted by Gasteiger charge is -2.22. The molecule has 2 rings (SSSR count). The molecule has 2 N–H and O–H groups in total. The molecule has 0 unspecified atom stereocenters. The lowest BCUT2D eigenvalue weighted by atomic mass is 10.0. The second kappa shape index (κ2) is 5.85. The van der Waals surface area contributed by atoms with E-state index in [9.17, 15) is 5.11 Å². The summed E-state index contributed by atoms with van der Waals surface area (Å²) >= 11 is 1.85. The van der Waals surface area contributed by atoms with E-state index in [1.165, 1.54) is 5.39 Å². The van der Waals surface area contributed by atoms with E-state index in [-0.39, 0.29) is 4.75 Å². The third kappa shape index (κ3) is 3.43. The Balaban J connectivity index is 2.18. The molecule has 2 aromatic rings. The molecule has 0 aliphatic carbocycles. The average Bonchev–Trinajstić information content (AvgIpc) is 2.41. The van der Waals surface area contributed by atoms with Gasteiger partial charge in [-0.3, -0.25) is 0 Å². The molecule has 2 aromatic carbocycles. The van der Waals surface area contributed by atoms with E-state index in [1.54, 1.807) is 6.07 Å². The number of hydrogen-bond donors (Lipinski definition) is 2. The first-order chi connectivity index (χ1) is 9.03. The Kier molecular flexibility index (Phi) is 4.38. The van der Waals surface area contributed by atoms with Gasteiger partial charge in [-0.25, -0.2) is 0 Å². The monoisotopic (exact) mass is 275 g/mol. The summed E-state index contributed by atoms with van der Waals surface area (Å²) in [6.45, 7) is 6.04. The summed E-state index contributed by atoms with van der Waals surface area (Å²) in [5.74, 6) is 0.369. The van der Waals surface area contributed by atoms with Crippen molar-refractivity contribution in [3.05, 3.63) is 42.0 Å². The molecule has 0 saturated heterocycles. The van der Waals surface area contributed by atoms with Crippen LogP contribution in [-0.4, -0.2) is 22.7 Å². The van der Waals surface area contributed by atoms with Crippen LogP contribution in [0.3, 0.4) is 0 Å². The van der Waals surface area contributed by atoms with Gasteiger partial charge in [0.2, 0.25) is 0 Å². The first-order valence-electron chi connectivity index (χ1n) is 6.49. The Morgan fingerprint density at radius 1 is 1.16 bits per heavy atom. The number of fused-ring (bicyclic) bond motifs is 1. The van der Waals surface area contributed by atoms with Gasteiger partial charge >= 0.3 is 0 Å². The number of phenolic OH excluding ortho intramolecular Hbond substituents is 1. The van der Waals surface area contributed by atoms with Gasteiger partial charge in [-0.05, 0) is 36.9 Å². The Bertz CT molecular complexity index is 566. The maximum absolute atomic E-state index is 10.0. The summed E-state index contributed by atoms with van der Waals surface area (Å²) in [5.41, 5.74) is 0.981. The molecule has 0 radical (unpaired) electrons. The molecular weight excluding hydrogens is 254 g/mol. The SMILES string of the molecule is CSC(C)(C)CNCc1c(O)ccc2ccccc12. The summed E-state index contributed by atoms with van der Waals surface area (Å²) < 4.78 is 0.209. The molecular formula is C16H21NOS. The topological polar surface area (TPSA) is 32.3 Å². The zero-order valence-electron chi connectivity index (χ0n) is 11.7. The summed E-state index contributed by atoms with van der Waals surface area (Å²) in [4.78, 5) is 0. The van der Waals surface area contributed by atoms with E-state index in [0.29, 0.717) is 12.3 Å². The predicted molar refractivity (Wildman–Crippen MR) is 84.9 cm³/mol. The van der Waals surface area contributed by atoms with E-state index in [2.05, 4.69) is 37.6 Å². The smallest absolute Gasteiger partial charge is 0.120 e. The van der Waals surface area contributed by atoms with Gasteiger partial charge in [-0.1, -0.05) is 30.3 Å². The molecule has 2 nitrogen and oxygen atoms in total. The maximum atomic E-state index is 10.0. The van der Waals surface area contributed by atoms with Crippen LogP contribution in [0.2, 0.25) is 0 Å². The van der Waals surface area contributed by atoms with Crippen molar-refractivity contribution in [3.63, 3.8) is 0 Å². The first-order valence-corrected chi connectivity index (χ1v) is 7.71. The van der Waals surface area contributed by atoms with Crippen molar-refractivity contribution in [2.75, 3.05) is 12.8 Å². The first kappa shape index (κ1) is 14.2. The number of benzene rings is 2. The molecule has 0 aromatic heterocycles. The zero-order valence-corrected chi connectivity index (χ0v) is 12.6. The fourth-order valence-electron chi connectivity index (χ4n) is 2.07. The molecule has 102 valence electrons. The van der Waals surface area contributed by atoms with Gasteiger partial charge in [0, 0.05) is 23.4 Å². The largest absolute Gasteiger partial charge is 0.508 e. The van der Waals surface area contributed by atoms with Crippen LogP contribution < -0.4 is 5.32 Å². The standard InChI is InChI=1S/C16H21NOS/c1-16(2,19-3)11-17-10-14-13-7-5-4-6-12(13)8-9-15(14)18/h4-9,17-18H,10-11H2,1-3H3. The Labute approximate surface area is 119 Å². The Morgan fingerprint density at radius 2 is 1.89 bits per heavy atom. The van der Waals surface area contributed by atoms with Crippen LogP contribution in [-0.2, 0) is 6.54 Å². The third-order valence-electron chi connectivity index (χ3n) is 3.42. The highest BCUT2D eigenvalue weighted by molar-refractivity contribution is 7.99. The summed E-state index contributed by atoms with van der Waals surface area (Å²) in [5, 5.41) is 15.8. The molecule has 0 spiro atoms. The molecule has 0 bridgehead atoms. The Morgan fingerprint density at radius 3 is 2.63 bits per heavy atom. The van der Waals surface area contributed by atoms with Crippen molar-refractivity contribution in [2.45, 2.75) is 25.1 Å². The minimum absolute atomic E-state index is 0.209. The predicted octanol–water partition coefficient (Wildman–Crippen LogP) is 3.78. The van der Waals surface area contributed by atoms with Crippen molar-refractivity contribution >= 4 is 22.5 Å². The van der Waals surface area contributed by atoms with Crippen LogP contribution in [0.15, 0.2) is 36.4 Å². The van der Waals surface area contributed by atoms with Gasteiger partial charge in [0.15, 0.2) is 0 Å². The van der Waals surface area contributed by atoms with Gasteiger partial charge in [-0.2, -0.15) is 11.8 Å². The molecule has 0 aliphatic rings. The van der Waals surface area contributed by atoms with Crippen LogP contribution >= 0.6 is 11.8 Å². The van der Waals surface area contributed by atoms with Gasteiger partial charge in [0.05, 0.1) is 0 Å². The average molecular weight is 275 g/mol. The van der Waals surface area contributed by atoms with E-state index in [4.69, 9.17) is 0 Å². The molecule has 0 fully saturated rings. The van der Waals surface area contributed by atoms with Crippen LogP contribution in [0.1, 0.15) is 19.4 Å². The molecule has 0 aliphatic heterocycles. The van der Waals surface area contributed by atoms with Crippen LogP contribution in [0.5, 0.6) is 5.75 Å². The second-order valence-electron chi connectivity index (χ2n) is 5.35. The summed E-state index contributed by atoms with van der Waals surface area (Å²) in [7, 11) is 0. The normalized spacial score (nSPS) is 11.9. The highest BCUT2D eigenvalue weighted by atomic mass is 32.2. The van der Waals surface area contributed by atoms with Crippen LogP contribution in [0.4, 0.5) is 0 Å². The number of aromatic hydroxyl groups is 1. The van der Waals surface area contributed by atoms with Crippen molar-refractivity contribution in [1.29, 1.82) is 0 Å². The molecule has 19 heavy (non-hydrogen) atoms. The number of rotatable bonds is 5. The van der Waals surface area contributed by atoms with Crippen molar-refractivity contribution in [1.82, 2.24) is 5.32 Å². The maximum Gasteiger partial charge on any atom is 0.120 e. The van der Waals surface area contributed by atoms with Crippen molar-refractivity contribution in [2.24, 2.45) is 0 Å². The molecule has 0 saturated carbocycles. The number of nitrogens with one attached hydrogen (secondary N) is 1. The molecule has 0 atom stereocenters. The van der Waals surface area contributed by atoms with Crippen LogP contribution in [0.25, 0.3) is 10.8 Å². The molecule has 3 heteroatoms. The fraction of sp³-hybridized carbons (Fsp3) is 0.375. The number of hydrogen-bond acceptors (Lipinski definition) is 3. The lowest BCUT2D eigenvalue weighted by molar-refractivity contribution is 0.464. The summed E-state index contributed by atoms with van der Waals surface area (Å²) in [6.07, 6.45) is 2.12. The van der Waals surface area contributed by atoms with E-state index < -0.39 is 0 Å². The summed E-state index contributed by atoms with van der Waals surface area (Å²) in [6, 6.07) is 11.9. The van der Waals surface area contributed by atoms with E-state index in [0.717, 1.165) is 17.5 Å². The van der Waals surface area contributed by atoms with Crippen molar-refractivity contribution < 1.29 is 5.11 Å². The highest BCUT2D eigenvalue weighted by Crippen LogP contribution is 2.27. The van der Waals surface area contributed by atoms with Gasteiger partial charge < -0.3 is 10.4 Å². The van der Waals surface area contributed by atoms with E-state index in [1.807, 2.05) is 30.0 Å². The lowest BCUT2D eigenvalue weighted by Crippen LogP contribution is -2.31. The minimum Gasteiger partial charge on any atom is -0.508 e. The van der Waals surface area contributed by atoms with Gasteiger partial charge in [0.25, 0.3) is 0 Å². The molecule has 0 heterocycles. The zero-order chi connectivity index (χ0) is 13.9. The minimum atomic E-state index is 0.209. The third-order valence-corrected chi connectivity index (χ3v) is 4.67. The van der Waals surface area contributed by atoms with E-state index >= 15 is 0 Å².